The maximum absolute atomic E-state index is 12.9. The summed E-state index contributed by atoms with van der Waals surface area (Å²) in [6.07, 6.45) is 0. The van der Waals surface area contributed by atoms with E-state index in [0.717, 1.165) is 22.4 Å². The van der Waals surface area contributed by atoms with Gasteiger partial charge in [-0.3, -0.25) is 4.79 Å². The topological polar surface area (TPSA) is 59.8 Å². The molecule has 1 aromatic heterocycles. The van der Waals surface area contributed by atoms with Crippen LogP contribution < -0.4 is 5.32 Å². The number of aromatic nitrogens is 3. The average Bonchev–Trinajstić information content (AvgIpc) is 3.18. The van der Waals surface area contributed by atoms with E-state index in [1.54, 1.807) is 35.0 Å². The molecule has 0 bridgehead atoms. The van der Waals surface area contributed by atoms with Gasteiger partial charge in [0, 0.05) is 26.3 Å². The van der Waals surface area contributed by atoms with Gasteiger partial charge < -0.3 is 5.32 Å². The molecule has 0 spiro atoms. The monoisotopic (exact) mass is 470 g/mol. The van der Waals surface area contributed by atoms with Crippen molar-refractivity contribution in [2.75, 3.05) is 5.32 Å². The van der Waals surface area contributed by atoms with Crippen LogP contribution in [0.5, 0.6) is 0 Å². The summed E-state index contributed by atoms with van der Waals surface area (Å²) in [5.74, 6) is 0.0590. The quantitative estimate of drug-likeness (QED) is 0.357. The molecule has 1 amide bonds. The molecule has 156 valence electrons. The average molecular weight is 472 g/mol. The van der Waals surface area contributed by atoms with Gasteiger partial charge in [-0.05, 0) is 73.5 Å². The fourth-order valence-electron chi connectivity index (χ4n) is 3.05. The molecule has 3 aromatic carbocycles. The lowest BCUT2D eigenvalue weighted by Crippen LogP contribution is -2.14. The van der Waals surface area contributed by atoms with E-state index in [0.29, 0.717) is 26.6 Å². The Morgan fingerprint density at radius 1 is 0.935 bits per heavy atom. The van der Waals surface area contributed by atoms with Crippen molar-refractivity contribution in [1.82, 2.24) is 14.8 Å². The Morgan fingerprint density at radius 3 is 2.39 bits per heavy atom. The van der Waals surface area contributed by atoms with Crippen LogP contribution in [0, 0.1) is 13.8 Å². The van der Waals surface area contributed by atoms with Crippen molar-refractivity contribution in [2.24, 2.45) is 0 Å². The van der Waals surface area contributed by atoms with Gasteiger partial charge in [0.25, 0.3) is 5.91 Å². The summed E-state index contributed by atoms with van der Waals surface area (Å²) in [5.41, 5.74) is 3.78. The van der Waals surface area contributed by atoms with Crippen molar-refractivity contribution in [1.29, 1.82) is 0 Å². The molecular weight excluding hydrogens is 455 g/mol. The van der Waals surface area contributed by atoms with Crippen molar-refractivity contribution >= 4 is 46.4 Å². The molecule has 0 saturated heterocycles. The molecule has 1 heterocycles. The maximum atomic E-state index is 12.9. The van der Waals surface area contributed by atoms with Gasteiger partial charge >= 0.3 is 0 Å². The summed E-state index contributed by atoms with van der Waals surface area (Å²) in [4.78, 5) is 17.4. The van der Waals surface area contributed by atoms with Crippen molar-refractivity contribution in [3.8, 4) is 17.1 Å². The fraction of sp³-hybridized carbons (Fsp3) is 0.0870. The van der Waals surface area contributed by atoms with Gasteiger partial charge in [0.1, 0.15) is 0 Å². The van der Waals surface area contributed by atoms with Crippen molar-refractivity contribution in [3.05, 3.63) is 92.7 Å². The van der Waals surface area contributed by atoms with Gasteiger partial charge in [-0.15, -0.1) is 5.10 Å². The lowest BCUT2D eigenvalue weighted by molar-refractivity contribution is 0.101. The highest BCUT2D eigenvalue weighted by Gasteiger charge is 2.20. The number of halogens is 3. The Labute approximate surface area is 194 Å². The number of aryl methyl sites for hydroxylation is 1. The van der Waals surface area contributed by atoms with Gasteiger partial charge in [-0.2, -0.15) is 0 Å². The second-order valence-electron chi connectivity index (χ2n) is 6.98. The molecule has 0 aliphatic heterocycles. The van der Waals surface area contributed by atoms with E-state index in [4.69, 9.17) is 34.8 Å². The van der Waals surface area contributed by atoms with Gasteiger partial charge in [0.15, 0.2) is 5.82 Å². The molecule has 0 atom stereocenters. The summed E-state index contributed by atoms with van der Waals surface area (Å²) >= 11 is 18.5. The first-order chi connectivity index (χ1) is 14.8. The molecule has 4 aromatic rings. The number of hydrogen-bond donors (Lipinski definition) is 1. The largest absolute Gasteiger partial charge is 0.319 e. The third-order valence-corrected chi connectivity index (χ3v) is 5.88. The first-order valence-corrected chi connectivity index (χ1v) is 10.5. The Hall–Kier alpha value is -2.86. The minimum atomic E-state index is -0.450. The van der Waals surface area contributed by atoms with E-state index < -0.39 is 5.91 Å². The number of hydrogen-bond acceptors (Lipinski definition) is 3. The van der Waals surface area contributed by atoms with E-state index in [9.17, 15) is 4.79 Å². The van der Waals surface area contributed by atoms with Gasteiger partial charge in [0.05, 0.1) is 5.69 Å². The zero-order chi connectivity index (χ0) is 22.1. The highest BCUT2D eigenvalue weighted by molar-refractivity contribution is 6.32. The van der Waals surface area contributed by atoms with Gasteiger partial charge in [-0.25, -0.2) is 9.67 Å². The smallest absolute Gasteiger partial charge is 0.295 e. The minimum absolute atomic E-state index is 0.0148. The molecule has 1 N–H and O–H groups in total. The first-order valence-electron chi connectivity index (χ1n) is 9.39. The Morgan fingerprint density at radius 2 is 1.68 bits per heavy atom. The molecule has 0 saturated carbocycles. The molecule has 0 aliphatic rings. The molecule has 31 heavy (non-hydrogen) atoms. The predicted molar refractivity (Wildman–Crippen MR) is 126 cm³/mol. The lowest BCUT2D eigenvalue weighted by atomic mass is 10.1. The summed E-state index contributed by atoms with van der Waals surface area (Å²) in [7, 11) is 0. The highest BCUT2D eigenvalue weighted by atomic mass is 35.5. The van der Waals surface area contributed by atoms with Gasteiger partial charge in [-0.1, -0.05) is 46.9 Å². The van der Waals surface area contributed by atoms with E-state index >= 15 is 0 Å². The van der Waals surface area contributed by atoms with Crippen LogP contribution in [0.4, 0.5) is 5.69 Å². The summed E-state index contributed by atoms with van der Waals surface area (Å²) < 4.78 is 1.61. The SMILES string of the molecule is Cc1ccc(NC(=O)c2nc(-c3ccc(Cl)cc3)n(-c3cccc(Cl)c3C)n2)cc1Cl. The number of carbonyl (C=O) groups excluding carboxylic acids is 1. The number of nitrogens with one attached hydrogen (secondary N) is 1. The first kappa shape index (κ1) is 21.4. The number of nitrogens with zero attached hydrogens (tertiary/aromatic N) is 3. The van der Waals surface area contributed by atoms with Crippen molar-refractivity contribution in [3.63, 3.8) is 0 Å². The highest BCUT2D eigenvalue weighted by Crippen LogP contribution is 2.28. The predicted octanol–water partition coefficient (Wildman–Crippen LogP) is 6.76. The normalized spacial score (nSPS) is 10.9. The van der Waals surface area contributed by atoms with Crippen LogP contribution >= 0.6 is 34.8 Å². The van der Waals surface area contributed by atoms with E-state index in [1.165, 1.54) is 0 Å². The second-order valence-corrected chi connectivity index (χ2v) is 8.23. The Balaban J connectivity index is 1.79. The minimum Gasteiger partial charge on any atom is -0.319 e. The lowest BCUT2D eigenvalue weighted by Gasteiger charge is -2.10. The van der Waals surface area contributed by atoms with E-state index in [2.05, 4.69) is 15.4 Å². The number of carbonyl (C=O) groups is 1. The molecule has 4 rings (SSSR count). The van der Waals surface area contributed by atoms with Crippen LogP contribution in [0.1, 0.15) is 21.7 Å². The molecule has 0 aliphatic carbocycles. The third kappa shape index (κ3) is 4.44. The molecule has 8 heteroatoms. The fourth-order valence-corrected chi connectivity index (χ4v) is 3.52. The molecule has 0 unspecified atom stereocenters. The molecule has 0 fully saturated rings. The second kappa shape index (κ2) is 8.71. The van der Waals surface area contributed by atoms with Crippen LogP contribution in [0.25, 0.3) is 17.1 Å². The van der Waals surface area contributed by atoms with Gasteiger partial charge in [0.2, 0.25) is 5.82 Å². The van der Waals surface area contributed by atoms with Crippen molar-refractivity contribution in [2.45, 2.75) is 13.8 Å². The van der Waals surface area contributed by atoms with Crippen LogP contribution in [-0.2, 0) is 0 Å². The van der Waals surface area contributed by atoms with Crippen LogP contribution in [-0.4, -0.2) is 20.7 Å². The number of anilines is 1. The standard InChI is InChI=1S/C23H17Cl3N4O/c1-13-6-11-17(12-19(13)26)27-23(31)21-28-22(15-7-9-16(24)10-8-15)30(29-21)20-5-3-4-18(25)14(20)2/h3-12H,1-2H3,(H,27,31). The summed E-state index contributed by atoms with van der Waals surface area (Å²) in [6, 6.07) is 18.0. The summed E-state index contributed by atoms with van der Waals surface area (Å²) in [6.45, 7) is 3.78. The van der Waals surface area contributed by atoms with Crippen LogP contribution in [0.3, 0.4) is 0 Å². The third-order valence-electron chi connectivity index (χ3n) is 4.81. The molecule has 5 nitrogen and oxygen atoms in total. The Kier molecular flexibility index (Phi) is 6.01. The maximum Gasteiger partial charge on any atom is 0.295 e. The summed E-state index contributed by atoms with van der Waals surface area (Å²) in [5, 5.41) is 9.04. The molecule has 0 radical (unpaired) electrons. The number of rotatable bonds is 4. The van der Waals surface area contributed by atoms with E-state index in [-0.39, 0.29) is 5.82 Å². The van der Waals surface area contributed by atoms with E-state index in [1.807, 2.05) is 44.2 Å². The molecular formula is C23H17Cl3N4O. The van der Waals surface area contributed by atoms with Crippen molar-refractivity contribution < 1.29 is 4.79 Å². The zero-order valence-corrected chi connectivity index (χ0v) is 18.9. The van der Waals surface area contributed by atoms with Crippen LogP contribution in [0.2, 0.25) is 15.1 Å². The number of amides is 1. The zero-order valence-electron chi connectivity index (χ0n) is 16.7. The van der Waals surface area contributed by atoms with Crippen LogP contribution in [0.15, 0.2) is 60.7 Å². The Bertz CT molecular complexity index is 1280. The number of benzene rings is 3.